The predicted molar refractivity (Wildman–Crippen MR) is 122 cm³/mol. The molecule has 10 rings (SSSR count). The molecule has 0 heteroatoms. The molecule has 0 saturated heterocycles. The van der Waals surface area contributed by atoms with Gasteiger partial charge < -0.3 is 0 Å². The zero-order valence-electron chi connectivity index (χ0n) is 14.8. The van der Waals surface area contributed by atoms with Crippen LogP contribution in [-0.4, -0.2) is 0 Å². The second-order valence-corrected chi connectivity index (χ2v) is 8.85. The van der Waals surface area contributed by atoms with Gasteiger partial charge in [-0.2, -0.15) is 0 Å². The molecule has 0 unspecified atom stereocenters. The van der Waals surface area contributed by atoms with Crippen molar-refractivity contribution in [1.82, 2.24) is 0 Å². The molecule has 10 aromatic carbocycles. The summed E-state index contributed by atoms with van der Waals surface area (Å²) in [5.74, 6) is 0. The summed E-state index contributed by atoms with van der Waals surface area (Å²) in [6.07, 6.45) is 0. The summed E-state index contributed by atoms with van der Waals surface area (Å²) in [5.41, 5.74) is 0. The zero-order chi connectivity index (χ0) is 17.5. The summed E-state index contributed by atoms with van der Waals surface area (Å²) in [7, 11) is 0. The number of fused-ring (bicyclic) bond motifs is 2. The highest BCUT2D eigenvalue weighted by Gasteiger charge is 2.29. The molecule has 0 atom stereocenters. The third kappa shape index (κ3) is 0.869. The summed E-state index contributed by atoms with van der Waals surface area (Å²) in [5, 5.41) is 26.4. The Morgan fingerprint density at radius 3 is 0.821 bits per heavy atom. The van der Waals surface area contributed by atoms with E-state index in [0.717, 1.165) is 0 Å². The third-order valence-electron chi connectivity index (χ3n) is 7.90. The molecule has 0 aromatic heterocycles. The average Bonchev–Trinajstić information content (AvgIpc) is 3.43. The van der Waals surface area contributed by atoms with E-state index in [9.17, 15) is 0 Å². The van der Waals surface area contributed by atoms with Crippen LogP contribution in [0.3, 0.4) is 0 Å². The van der Waals surface area contributed by atoms with Crippen LogP contribution in [0.5, 0.6) is 0 Å². The molecule has 0 bridgehead atoms. The zero-order valence-corrected chi connectivity index (χ0v) is 14.8. The molecule has 0 radical (unpaired) electrons. The summed E-state index contributed by atoms with van der Waals surface area (Å²) < 4.78 is 0. The van der Waals surface area contributed by atoms with Gasteiger partial charge in [0.25, 0.3) is 0 Å². The van der Waals surface area contributed by atoms with Crippen LogP contribution in [0.1, 0.15) is 0 Å². The minimum Gasteiger partial charge on any atom is -0.0537 e. The summed E-state index contributed by atoms with van der Waals surface area (Å²) in [4.78, 5) is 0. The Morgan fingerprint density at radius 1 is 0.250 bits per heavy atom. The Hall–Kier alpha value is -3.64. The fourth-order valence-corrected chi connectivity index (χ4v) is 7.06. The van der Waals surface area contributed by atoms with Crippen molar-refractivity contribution in [2.45, 2.75) is 0 Å². The molecule has 28 heavy (non-hydrogen) atoms. The molecule has 0 N–H and O–H groups in total. The lowest BCUT2D eigenvalue weighted by Gasteiger charge is -2.10. The summed E-state index contributed by atoms with van der Waals surface area (Å²) >= 11 is 0. The first-order valence-corrected chi connectivity index (χ1v) is 10.0. The molecule has 0 aliphatic carbocycles. The van der Waals surface area contributed by atoms with Crippen LogP contribution in [0, 0.1) is 0 Å². The van der Waals surface area contributed by atoms with E-state index >= 15 is 0 Å². The van der Waals surface area contributed by atoms with Gasteiger partial charge in [-0.25, -0.2) is 0 Å². The normalized spacial score (nSPS) is 14.4. The highest BCUT2D eigenvalue weighted by atomic mass is 14.3. The Morgan fingerprint density at radius 2 is 0.536 bits per heavy atom. The number of benzene rings is 6. The third-order valence-corrected chi connectivity index (χ3v) is 7.90. The van der Waals surface area contributed by atoms with Crippen molar-refractivity contribution < 1.29 is 0 Å². The Kier molecular flexibility index (Phi) is 1.37. The Balaban J connectivity index is 1.90. The van der Waals surface area contributed by atoms with Crippen LogP contribution in [0.2, 0.25) is 0 Å². The van der Waals surface area contributed by atoms with Gasteiger partial charge in [0.1, 0.15) is 0 Å². The van der Waals surface area contributed by atoms with E-state index in [0.29, 0.717) is 0 Å². The number of hydrogen-bond donors (Lipinski definition) is 0. The average molecular weight is 346 g/mol. The van der Waals surface area contributed by atoms with Gasteiger partial charge in [0.05, 0.1) is 0 Å². The molecule has 122 valence electrons. The van der Waals surface area contributed by atoms with Crippen molar-refractivity contribution >= 4 is 97.0 Å². The van der Waals surface area contributed by atoms with Crippen molar-refractivity contribution in [2.75, 3.05) is 0 Å². The van der Waals surface area contributed by atoms with Gasteiger partial charge in [-0.05, 0) is 109 Å². The molecule has 0 fully saturated rings. The quantitative estimate of drug-likeness (QED) is 0.243. The highest BCUT2D eigenvalue weighted by molar-refractivity contribution is 6.59. The highest BCUT2D eigenvalue weighted by Crippen LogP contribution is 2.58. The van der Waals surface area contributed by atoms with Crippen LogP contribution in [0.15, 0.2) is 60.7 Å². The lowest BCUT2D eigenvalue weighted by atomic mass is 9.92. The summed E-state index contributed by atoms with van der Waals surface area (Å²) in [6.45, 7) is 0. The first-order valence-electron chi connectivity index (χ1n) is 10.0. The molecule has 0 aliphatic heterocycles. The minimum atomic E-state index is 1.40. The van der Waals surface area contributed by atoms with Crippen molar-refractivity contribution in [3.05, 3.63) is 60.7 Å². The molecule has 0 aliphatic rings. The molecular weight excluding hydrogens is 336 g/mol. The fraction of sp³-hybridized carbons (Fsp3) is 0. The van der Waals surface area contributed by atoms with Gasteiger partial charge in [-0.1, -0.05) is 48.5 Å². The van der Waals surface area contributed by atoms with Crippen LogP contribution in [0.4, 0.5) is 0 Å². The van der Waals surface area contributed by atoms with E-state index in [4.69, 9.17) is 0 Å². The Labute approximate surface area is 157 Å². The van der Waals surface area contributed by atoms with Gasteiger partial charge >= 0.3 is 0 Å². The first-order chi connectivity index (χ1) is 13.9. The van der Waals surface area contributed by atoms with Gasteiger partial charge in [0.15, 0.2) is 0 Å². The van der Waals surface area contributed by atoms with Crippen molar-refractivity contribution in [2.24, 2.45) is 0 Å². The van der Waals surface area contributed by atoms with Crippen molar-refractivity contribution in [1.29, 1.82) is 0 Å². The molecule has 0 spiro atoms. The van der Waals surface area contributed by atoms with Gasteiger partial charge in [-0.15, -0.1) is 0 Å². The maximum absolute atomic E-state index is 2.40. The first kappa shape index (κ1) is 11.9. The van der Waals surface area contributed by atoms with Crippen LogP contribution in [-0.2, 0) is 0 Å². The molecule has 10 aromatic rings. The molecule has 0 nitrogen and oxygen atoms in total. The van der Waals surface area contributed by atoms with Gasteiger partial charge in [-0.3, -0.25) is 0 Å². The molecule has 0 heterocycles. The topological polar surface area (TPSA) is 0 Å². The van der Waals surface area contributed by atoms with Gasteiger partial charge in [0, 0.05) is 0 Å². The molecule has 0 amide bonds. The van der Waals surface area contributed by atoms with Crippen LogP contribution in [0.25, 0.3) is 97.0 Å². The maximum atomic E-state index is 2.40. The minimum absolute atomic E-state index is 1.40. The van der Waals surface area contributed by atoms with Crippen LogP contribution < -0.4 is 0 Å². The molecule has 0 saturated carbocycles. The van der Waals surface area contributed by atoms with E-state index in [1.807, 2.05) is 0 Å². The largest absolute Gasteiger partial charge is 0.0537 e. The monoisotopic (exact) mass is 346 g/mol. The van der Waals surface area contributed by atoms with E-state index in [-0.39, 0.29) is 0 Å². The molecular formula is C28H10. The standard InChI is InChI=1S/C28H10/c1-5-15-16-6-3-13-10-14-4-8-18-17-7-2-12-9-11(1)19-20(12)25(17)28-26(18)22(14)21(13)24(16)27(28)23(15)19/h1-10H. The maximum Gasteiger partial charge on any atom is -0.0000483 e. The number of rotatable bonds is 0. The number of hydrogen-bond acceptors (Lipinski definition) is 0. The second kappa shape index (κ2) is 3.21. The fourth-order valence-electron chi connectivity index (χ4n) is 7.06. The lowest BCUT2D eigenvalue weighted by Crippen LogP contribution is -1.81. The lowest BCUT2D eigenvalue weighted by molar-refractivity contribution is 1.96. The van der Waals surface area contributed by atoms with Crippen LogP contribution >= 0.6 is 0 Å². The SMILES string of the molecule is c1cc2c3ccc4cc5ccc6c7ccc8cc1c1c8c7c7c6c5c4c3c7c21. The van der Waals surface area contributed by atoms with Crippen molar-refractivity contribution in [3.8, 4) is 0 Å². The predicted octanol–water partition coefficient (Wildman–Crippen LogP) is 8.13. The van der Waals surface area contributed by atoms with E-state index in [1.54, 1.807) is 0 Å². The smallest absolute Gasteiger partial charge is 0.0000483 e. The van der Waals surface area contributed by atoms with E-state index in [1.165, 1.54) is 97.0 Å². The second-order valence-electron chi connectivity index (χ2n) is 8.85. The summed E-state index contributed by atoms with van der Waals surface area (Å²) in [6, 6.07) is 23.6. The van der Waals surface area contributed by atoms with E-state index in [2.05, 4.69) is 60.7 Å². The van der Waals surface area contributed by atoms with Crippen molar-refractivity contribution in [3.63, 3.8) is 0 Å². The Bertz CT molecular complexity index is 1850. The van der Waals surface area contributed by atoms with E-state index < -0.39 is 0 Å². The van der Waals surface area contributed by atoms with Gasteiger partial charge in [0.2, 0.25) is 0 Å².